The predicted molar refractivity (Wildman–Crippen MR) is 146 cm³/mol. The van der Waals surface area contributed by atoms with Crippen molar-refractivity contribution >= 4 is 17.4 Å². The van der Waals surface area contributed by atoms with Gasteiger partial charge in [0.1, 0.15) is 23.4 Å². The lowest BCUT2D eigenvalue weighted by Gasteiger charge is -2.26. The molecule has 6 heteroatoms. The van der Waals surface area contributed by atoms with E-state index in [9.17, 15) is 14.7 Å². The van der Waals surface area contributed by atoms with Gasteiger partial charge in [0.25, 0.3) is 11.7 Å². The Morgan fingerprint density at radius 3 is 2.63 bits per heavy atom. The number of rotatable bonds is 9. The topological polar surface area (TPSA) is 76.1 Å². The van der Waals surface area contributed by atoms with Crippen LogP contribution in [0.4, 0.5) is 0 Å². The molecule has 2 atom stereocenters. The number of aliphatic hydroxyl groups is 1. The highest BCUT2D eigenvalue weighted by Crippen LogP contribution is 2.42. The van der Waals surface area contributed by atoms with Gasteiger partial charge in [0.05, 0.1) is 18.2 Å². The van der Waals surface area contributed by atoms with E-state index in [1.165, 1.54) is 4.90 Å². The molecule has 0 saturated carbocycles. The van der Waals surface area contributed by atoms with Crippen molar-refractivity contribution in [3.63, 3.8) is 0 Å². The van der Waals surface area contributed by atoms with Crippen LogP contribution in [0.1, 0.15) is 61.4 Å². The summed E-state index contributed by atoms with van der Waals surface area (Å²) in [5.74, 6) is -0.0493. The normalized spacial score (nSPS) is 19.9. The Morgan fingerprint density at radius 1 is 1.03 bits per heavy atom. The molecule has 196 valence electrons. The van der Waals surface area contributed by atoms with Gasteiger partial charge < -0.3 is 19.5 Å². The van der Waals surface area contributed by atoms with E-state index in [2.05, 4.69) is 6.92 Å². The maximum absolute atomic E-state index is 13.5. The van der Waals surface area contributed by atoms with Crippen LogP contribution in [0.2, 0.25) is 0 Å². The molecule has 0 unspecified atom stereocenters. The number of likely N-dealkylation sites (tertiary alicyclic amines) is 1. The van der Waals surface area contributed by atoms with E-state index in [-0.39, 0.29) is 24.0 Å². The lowest BCUT2D eigenvalue weighted by Crippen LogP contribution is -2.29. The van der Waals surface area contributed by atoms with Gasteiger partial charge in [-0.25, -0.2) is 0 Å². The van der Waals surface area contributed by atoms with E-state index < -0.39 is 17.7 Å². The lowest BCUT2D eigenvalue weighted by molar-refractivity contribution is -0.140. The number of ketones is 1. The summed E-state index contributed by atoms with van der Waals surface area (Å²) < 4.78 is 11.8. The van der Waals surface area contributed by atoms with Crippen molar-refractivity contribution in [2.24, 2.45) is 0 Å². The van der Waals surface area contributed by atoms with E-state index in [0.717, 1.165) is 42.6 Å². The third-order valence-corrected chi connectivity index (χ3v) is 7.10. The summed E-state index contributed by atoms with van der Waals surface area (Å²) in [7, 11) is 0. The minimum absolute atomic E-state index is 0.0546. The van der Waals surface area contributed by atoms with Crippen molar-refractivity contribution < 1.29 is 24.2 Å². The Labute approximate surface area is 223 Å². The first-order valence-corrected chi connectivity index (χ1v) is 13.3. The summed E-state index contributed by atoms with van der Waals surface area (Å²) in [4.78, 5) is 28.4. The van der Waals surface area contributed by atoms with Crippen molar-refractivity contribution in [2.75, 3.05) is 6.61 Å². The standard InChI is InChI=1S/C32H33NO5/c1-3-4-8-16-37-26-13-9-12-23(19-26)29-28(30(34)24-14-15-27-25(18-24)17-21(2)38-27)31(35)32(36)33(29)20-22-10-6-5-7-11-22/h5-7,9-15,18-19,21,29,34H,3-4,8,16-17,20H2,1-2H3/b30-28+/t21-,29-/m0/s1. The summed E-state index contributed by atoms with van der Waals surface area (Å²) in [6.07, 6.45) is 3.92. The van der Waals surface area contributed by atoms with Gasteiger partial charge in [-0.15, -0.1) is 0 Å². The van der Waals surface area contributed by atoms with Crippen LogP contribution < -0.4 is 9.47 Å². The molecule has 1 fully saturated rings. The second kappa shape index (κ2) is 11.1. The van der Waals surface area contributed by atoms with Gasteiger partial charge in [-0.3, -0.25) is 9.59 Å². The maximum Gasteiger partial charge on any atom is 0.295 e. The smallest absolute Gasteiger partial charge is 0.295 e. The average Bonchev–Trinajstić information content (AvgIpc) is 3.42. The van der Waals surface area contributed by atoms with E-state index in [0.29, 0.717) is 23.5 Å². The molecule has 0 aliphatic carbocycles. The van der Waals surface area contributed by atoms with Crippen LogP contribution in [0.25, 0.3) is 5.76 Å². The number of unbranched alkanes of at least 4 members (excludes halogenated alkanes) is 2. The molecule has 3 aromatic rings. The number of hydrogen-bond donors (Lipinski definition) is 1. The molecule has 3 aromatic carbocycles. The summed E-state index contributed by atoms with van der Waals surface area (Å²) in [6.45, 7) is 4.97. The van der Waals surface area contributed by atoms with Crippen LogP contribution >= 0.6 is 0 Å². The second-order valence-electron chi connectivity index (χ2n) is 10.00. The summed E-state index contributed by atoms with van der Waals surface area (Å²) in [5, 5.41) is 11.5. The van der Waals surface area contributed by atoms with Gasteiger partial charge in [-0.05, 0) is 60.4 Å². The first-order chi connectivity index (χ1) is 18.5. The quantitative estimate of drug-likeness (QED) is 0.160. The Morgan fingerprint density at radius 2 is 1.84 bits per heavy atom. The predicted octanol–water partition coefficient (Wildman–Crippen LogP) is 6.20. The number of ether oxygens (including phenoxy) is 2. The molecule has 1 N–H and O–H groups in total. The largest absolute Gasteiger partial charge is 0.507 e. The summed E-state index contributed by atoms with van der Waals surface area (Å²) >= 11 is 0. The molecule has 6 nitrogen and oxygen atoms in total. The fourth-order valence-electron chi connectivity index (χ4n) is 5.21. The first kappa shape index (κ1) is 25.6. The van der Waals surface area contributed by atoms with Crippen LogP contribution in [0, 0.1) is 0 Å². The van der Waals surface area contributed by atoms with Gasteiger partial charge in [0.15, 0.2) is 0 Å². The Balaban J connectivity index is 1.56. The lowest BCUT2D eigenvalue weighted by atomic mass is 9.94. The molecule has 0 bridgehead atoms. The van der Waals surface area contributed by atoms with Crippen molar-refractivity contribution in [3.8, 4) is 11.5 Å². The van der Waals surface area contributed by atoms with Gasteiger partial charge in [-0.2, -0.15) is 0 Å². The third kappa shape index (κ3) is 5.17. The molecule has 2 aliphatic heterocycles. The second-order valence-corrected chi connectivity index (χ2v) is 10.00. The van der Waals surface area contributed by atoms with Gasteiger partial charge >= 0.3 is 0 Å². The molecule has 2 aliphatic rings. The first-order valence-electron chi connectivity index (χ1n) is 13.3. The Bertz CT molecular complexity index is 1360. The molecular weight excluding hydrogens is 478 g/mol. The number of nitrogens with zero attached hydrogens (tertiary/aromatic N) is 1. The van der Waals surface area contributed by atoms with Gasteiger partial charge in [0, 0.05) is 18.5 Å². The highest BCUT2D eigenvalue weighted by molar-refractivity contribution is 6.46. The molecular formula is C32H33NO5. The summed E-state index contributed by atoms with van der Waals surface area (Å²) in [5.41, 5.74) is 3.17. The van der Waals surface area contributed by atoms with Crippen molar-refractivity contribution in [1.82, 2.24) is 4.90 Å². The Kier molecular flexibility index (Phi) is 7.50. The minimum Gasteiger partial charge on any atom is -0.507 e. The van der Waals surface area contributed by atoms with Crippen molar-refractivity contribution in [1.29, 1.82) is 0 Å². The molecule has 0 spiro atoms. The van der Waals surface area contributed by atoms with E-state index in [1.807, 2.05) is 73.7 Å². The highest BCUT2D eigenvalue weighted by Gasteiger charge is 2.46. The van der Waals surface area contributed by atoms with Gasteiger partial charge in [0.2, 0.25) is 0 Å². The van der Waals surface area contributed by atoms with E-state index in [1.54, 1.807) is 6.07 Å². The number of carbonyl (C=O) groups is 2. The van der Waals surface area contributed by atoms with Gasteiger partial charge in [-0.1, -0.05) is 62.2 Å². The number of benzene rings is 3. The monoisotopic (exact) mass is 511 g/mol. The fraction of sp³-hybridized carbons (Fsp3) is 0.312. The van der Waals surface area contributed by atoms with Crippen LogP contribution in [-0.2, 0) is 22.6 Å². The van der Waals surface area contributed by atoms with Crippen LogP contribution in [0.3, 0.4) is 0 Å². The number of amides is 1. The number of carbonyl (C=O) groups excluding carboxylic acids is 2. The third-order valence-electron chi connectivity index (χ3n) is 7.10. The number of hydrogen-bond acceptors (Lipinski definition) is 5. The molecule has 2 heterocycles. The van der Waals surface area contributed by atoms with Crippen LogP contribution in [-0.4, -0.2) is 34.4 Å². The van der Waals surface area contributed by atoms with Crippen LogP contribution in [0.15, 0.2) is 78.4 Å². The minimum atomic E-state index is -0.752. The SMILES string of the molecule is CCCCCOc1cccc([C@H]2/C(=C(\O)c3ccc4c(c3)C[C@H](C)O4)C(=O)C(=O)N2Cc2ccccc2)c1. The van der Waals surface area contributed by atoms with Crippen molar-refractivity contribution in [2.45, 2.75) is 58.2 Å². The Hall–Kier alpha value is -4.06. The molecule has 1 saturated heterocycles. The molecule has 0 radical (unpaired) electrons. The van der Waals surface area contributed by atoms with Crippen molar-refractivity contribution in [3.05, 3.63) is 101 Å². The number of Topliss-reactive ketones (excluding diaryl/α,β-unsaturated/α-hetero) is 1. The zero-order valence-electron chi connectivity index (χ0n) is 21.9. The number of fused-ring (bicyclic) bond motifs is 1. The maximum atomic E-state index is 13.5. The molecule has 0 aromatic heterocycles. The molecule has 38 heavy (non-hydrogen) atoms. The van der Waals surface area contributed by atoms with E-state index >= 15 is 0 Å². The molecule has 5 rings (SSSR count). The highest BCUT2D eigenvalue weighted by atomic mass is 16.5. The van der Waals surface area contributed by atoms with Crippen LogP contribution in [0.5, 0.6) is 11.5 Å². The average molecular weight is 512 g/mol. The zero-order chi connectivity index (χ0) is 26.6. The fourth-order valence-corrected chi connectivity index (χ4v) is 5.21. The van der Waals surface area contributed by atoms with E-state index in [4.69, 9.17) is 9.47 Å². The molecule has 1 amide bonds. The number of aliphatic hydroxyl groups excluding tert-OH is 1. The summed E-state index contributed by atoms with van der Waals surface area (Å²) in [6, 6.07) is 21.7. The zero-order valence-corrected chi connectivity index (χ0v) is 21.9.